The fourth-order valence-corrected chi connectivity index (χ4v) is 7.12. The second kappa shape index (κ2) is 12.9. The van der Waals surface area contributed by atoms with Crippen LogP contribution in [0.3, 0.4) is 0 Å². The molecule has 1 aliphatic carbocycles. The SMILES string of the molecule is C=C(C1OC(=O)CC1NC(=O)[C@@H]1CCCN1C(=O)[C@H](C)NC(=O)c1cc(C)c(O)c(C)c1)C1CC(C)CC[C@H]1C(C)C. The number of carbonyl (C=O) groups excluding carboxylic acids is 4. The molecule has 9 heteroatoms. The Balaban J connectivity index is 1.41. The van der Waals surface area contributed by atoms with E-state index in [9.17, 15) is 24.3 Å². The van der Waals surface area contributed by atoms with Gasteiger partial charge in [-0.15, -0.1) is 0 Å². The average molecular weight is 582 g/mol. The molecule has 7 atom stereocenters. The van der Waals surface area contributed by atoms with Gasteiger partial charge >= 0.3 is 5.97 Å². The summed E-state index contributed by atoms with van der Waals surface area (Å²) in [6.45, 7) is 16.5. The number of aryl methyl sites for hydroxylation is 2. The lowest BCUT2D eigenvalue weighted by atomic mass is 9.66. The Morgan fingerprint density at radius 1 is 1.10 bits per heavy atom. The second-order valence-corrected chi connectivity index (χ2v) is 13.1. The number of hydrogen-bond donors (Lipinski definition) is 3. The minimum Gasteiger partial charge on any atom is -0.507 e. The molecule has 3 N–H and O–H groups in total. The van der Waals surface area contributed by atoms with Crippen molar-refractivity contribution in [2.45, 2.75) is 104 Å². The van der Waals surface area contributed by atoms with Crippen LogP contribution in [0.15, 0.2) is 24.3 Å². The highest BCUT2D eigenvalue weighted by Gasteiger charge is 2.45. The molecule has 3 aliphatic rings. The van der Waals surface area contributed by atoms with Gasteiger partial charge in [0.25, 0.3) is 5.91 Å². The summed E-state index contributed by atoms with van der Waals surface area (Å²) in [5.41, 5.74) is 2.38. The van der Waals surface area contributed by atoms with E-state index in [1.54, 1.807) is 32.9 Å². The van der Waals surface area contributed by atoms with Crippen molar-refractivity contribution in [3.8, 4) is 5.75 Å². The highest BCUT2D eigenvalue weighted by molar-refractivity contribution is 5.99. The van der Waals surface area contributed by atoms with Gasteiger partial charge in [-0.2, -0.15) is 0 Å². The quantitative estimate of drug-likeness (QED) is 0.313. The molecule has 1 aromatic carbocycles. The van der Waals surface area contributed by atoms with Crippen molar-refractivity contribution in [2.24, 2.45) is 23.7 Å². The number of nitrogens with one attached hydrogen (secondary N) is 2. The van der Waals surface area contributed by atoms with E-state index in [0.29, 0.717) is 53.8 Å². The minimum atomic E-state index is -0.856. The first kappa shape index (κ1) is 31.6. The third kappa shape index (κ3) is 6.65. The largest absolute Gasteiger partial charge is 0.507 e. The number of ether oxygens (including phenoxy) is 1. The van der Waals surface area contributed by atoms with Gasteiger partial charge in [-0.25, -0.2) is 0 Å². The van der Waals surface area contributed by atoms with Crippen LogP contribution >= 0.6 is 0 Å². The molecular weight excluding hydrogens is 534 g/mol. The molecular formula is C33H47N3O6. The molecule has 9 nitrogen and oxygen atoms in total. The number of aromatic hydroxyl groups is 1. The van der Waals surface area contributed by atoms with Crippen molar-refractivity contribution in [1.82, 2.24) is 15.5 Å². The summed E-state index contributed by atoms with van der Waals surface area (Å²) in [5, 5.41) is 15.8. The zero-order valence-electron chi connectivity index (χ0n) is 25.9. The number of hydrogen-bond acceptors (Lipinski definition) is 6. The van der Waals surface area contributed by atoms with Gasteiger partial charge in [0.15, 0.2) is 0 Å². The Labute approximate surface area is 249 Å². The smallest absolute Gasteiger partial charge is 0.308 e. The molecule has 2 heterocycles. The molecule has 0 aromatic heterocycles. The van der Waals surface area contributed by atoms with Crippen molar-refractivity contribution in [3.63, 3.8) is 0 Å². The van der Waals surface area contributed by atoms with Crippen LogP contribution in [-0.2, 0) is 19.1 Å². The maximum atomic E-state index is 13.6. The number of carbonyl (C=O) groups is 4. The Hall–Kier alpha value is -3.36. The van der Waals surface area contributed by atoms with Crippen LogP contribution in [0.2, 0.25) is 0 Å². The Morgan fingerprint density at radius 3 is 2.40 bits per heavy atom. The minimum absolute atomic E-state index is 0.0721. The van der Waals surface area contributed by atoms with Crippen LogP contribution in [0, 0.1) is 37.5 Å². The van der Waals surface area contributed by atoms with Gasteiger partial charge < -0.3 is 25.4 Å². The van der Waals surface area contributed by atoms with Crippen molar-refractivity contribution in [1.29, 1.82) is 0 Å². The van der Waals surface area contributed by atoms with E-state index in [2.05, 4.69) is 38.0 Å². The number of benzene rings is 1. The number of phenolic OH excluding ortho intramolecular Hbond substituents is 1. The summed E-state index contributed by atoms with van der Waals surface area (Å²) in [7, 11) is 0. The Bertz CT molecular complexity index is 1220. The van der Waals surface area contributed by atoms with Crippen LogP contribution in [0.1, 0.15) is 87.7 Å². The molecule has 3 fully saturated rings. The number of amides is 3. The third-order valence-electron chi connectivity index (χ3n) is 9.51. The first-order valence-corrected chi connectivity index (χ1v) is 15.4. The van der Waals surface area contributed by atoms with Crippen LogP contribution in [0.4, 0.5) is 0 Å². The molecule has 0 spiro atoms. The molecule has 1 aromatic rings. The number of likely N-dealkylation sites (tertiary alicyclic amines) is 1. The Morgan fingerprint density at radius 2 is 1.76 bits per heavy atom. The van der Waals surface area contributed by atoms with E-state index in [4.69, 9.17) is 4.74 Å². The second-order valence-electron chi connectivity index (χ2n) is 13.1. The lowest BCUT2D eigenvalue weighted by molar-refractivity contribution is -0.141. The first-order valence-electron chi connectivity index (χ1n) is 15.4. The van der Waals surface area contributed by atoms with Crippen LogP contribution in [0.25, 0.3) is 0 Å². The summed E-state index contributed by atoms with van der Waals surface area (Å²) in [5.74, 6) is 0.411. The summed E-state index contributed by atoms with van der Waals surface area (Å²) < 4.78 is 5.74. The molecule has 2 saturated heterocycles. The zero-order valence-corrected chi connectivity index (χ0v) is 25.9. The van der Waals surface area contributed by atoms with Gasteiger partial charge in [-0.3, -0.25) is 19.2 Å². The number of esters is 1. The summed E-state index contributed by atoms with van der Waals surface area (Å²) >= 11 is 0. The van der Waals surface area contributed by atoms with Gasteiger partial charge in [0, 0.05) is 12.1 Å². The monoisotopic (exact) mass is 581 g/mol. The average Bonchev–Trinajstić information content (AvgIpc) is 3.57. The molecule has 230 valence electrons. The molecule has 2 aliphatic heterocycles. The van der Waals surface area contributed by atoms with E-state index >= 15 is 0 Å². The highest BCUT2D eigenvalue weighted by Crippen LogP contribution is 2.44. The van der Waals surface area contributed by atoms with Crippen LogP contribution in [0.5, 0.6) is 5.75 Å². The maximum Gasteiger partial charge on any atom is 0.308 e. The topological polar surface area (TPSA) is 125 Å². The lowest BCUT2D eigenvalue weighted by Gasteiger charge is -2.40. The summed E-state index contributed by atoms with van der Waals surface area (Å²) in [6, 6.07) is 1.07. The van der Waals surface area contributed by atoms with Crippen LogP contribution in [-0.4, -0.2) is 64.5 Å². The van der Waals surface area contributed by atoms with Crippen molar-refractivity contribution in [2.75, 3.05) is 6.54 Å². The predicted octanol–water partition coefficient (Wildman–Crippen LogP) is 4.18. The maximum absolute atomic E-state index is 13.6. The van der Waals surface area contributed by atoms with E-state index in [1.807, 2.05) is 0 Å². The van der Waals surface area contributed by atoms with Gasteiger partial charge in [0.2, 0.25) is 11.8 Å². The molecule has 3 amide bonds. The number of nitrogens with zero attached hydrogens (tertiary/aromatic N) is 1. The highest BCUT2D eigenvalue weighted by atomic mass is 16.6. The first-order chi connectivity index (χ1) is 19.8. The van der Waals surface area contributed by atoms with Crippen LogP contribution < -0.4 is 10.6 Å². The molecule has 1 saturated carbocycles. The molecule has 4 rings (SSSR count). The number of phenols is 1. The zero-order chi connectivity index (χ0) is 30.9. The number of rotatable bonds is 8. The predicted molar refractivity (Wildman–Crippen MR) is 160 cm³/mol. The standard InChI is InChI=1S/C33H47N3O6/c1-17(2)24-11-10-18(3)13-25(24)21(6)30-26(16-28(37)42-30)35-32(40)27-9-8-12-36(27)33(41)22(7)34-31(39)23-14-19(4)29(38)20(5)15-23/h14-15,17-18,22,24-27,30,38H,6,8-13,16H2,1-5,7H3,(H,34,39)(H,35,40)/t18?,22-,24-,25?,26?,27-,30?/m0/s1. The lowest BCUT2D eigenvalue weighted by Crippen LogP contribution is -2.54. The van der Waals surface area contributed by atoms with Gasteiger partial charge in [-0.05, 0) is 99.0 Å². The van der Waals surface area contributed by atoms with E-state index in [1.165, 1.54) is 11.3 Å². The van der Waals surface area contributed by atoms with E-state index < -0.39 is 30.1 Å². The Kier molecular flexibility index (Phi) is 9.68. The molecule has 4 unspecified atom stereocenters. The van der Waals surface area contributed by atoms with E-state index in [-0.39, 0.29) is 35.9 Å². The number of cyclic esters (lactones) is 1. The van der Waals surface area contributed by atoms with E-state index in [0.717, 1.165) is 18.4 Å². The van der Waals surface area contributed by atoms with Crippen molar-refractivity contribution >= 4 is 23.7 Å². The molecule has 0 radical (unpaired) electrons. The fourth-order valence-electron chi connectivity index (χ4n) is 7.12. The third-order valence-corrected chi connectivity index (χ3v) is 9.51. The van der Waals surface area contributed by atoms with Gasteiger partial charge in [0.05, 0.1) is 12.5 Å². The van der Waals surface area contributed by atoms with Gasteiger partial charge in [-0.1, -0.05) is 33.8 Å². The summed E-state index contributed by atoms with van der Waals surface area (Å²) in [4.78, 5) is 53.8. The van der Waals surface area contributed by atoms with Crippen molar-refractivity contribution < 1.29 is 29.0 Å². The summed E-state index contributed by atoms with van der Waals surface area (Å²) in [6.07, 6.45) is 3.93. The van der Waals surface area contributed by atoms with Crippen molar-refractivity contribution in [3.05, 3.63) is 41.0 Å². The van der Waals surface area contributed by atoms with Gasteiger partial charge in [0.1, 0.15) is 23.9 Å². The normalized spacial score (nSPS) is 28.4. The fraction of sp³-hybridized carbons (Fsp3) is 0.636. The molecule has 0 bridgehead atoms. The molecule has 42 heavy (non-hydrogen) atoms.